The molecule has 1 heterocycles. The lowest BCUT2D eigenvalue weighted by atomic mass is 10.0. The van der Waals surface area contributed by atoms with Gasteiger partial charge in [0.1, 0.15) is 6.61 Å². The number of ether oxygens (including phenoxy) is 1. The standard InChI is InChI=1S/C10H9F6NO/c1-8(10(14,15)16,18-6-9(11,12)13)7-4-2-3-5-17-7/h2-5H,6H2,1H3. The van der Waals surface area contributed by atoms with E-state index in [0.717, 1.165) is 12.3 Å². The first-order valence-electron chi connectivity index (χ1n) is 4.75. The molecule has 0 saturated heterocycles. The normalized spacial score (nSPS) is 16.4. The van der Waals surface area contributed by atoms with Crippen LogP contribution in [0.5, 0.6) is 0 Å². The largest absolute Gasteiger partial charge is 0.422 e. The van der Waals surface area contributed by atoms with Gasteiger partial charge in [0.25, 0.3) is 0 Å². The molecule has 0 fully saturated rings. The summed E-state index contributed by atoms with van der Waals surface area (Å²) in [6.07, 6.45) is -8.80. The molecule has 1 unspecified atom stereocenters. The fourth-order valence-electron chi connectivity index (χ4n) is 1.17. The van der Waals surface area contributed by atoms with Gasteiger partial charge < -0.3 is 4.74 Å². The summed E-state index contributed by atoms with van der Waals surface area (Å²) in [5.41, 5.74) is -3.72. The maximum atomic E-state index is 12.8. The van der Waals surface area contributed by atoms with E-state index in [2.05, 4.69) is 9.72 Å². The SMILES string of the molecule is CC(OCC(F)(F)F)(c1ccccn1)C(F)(F)F. The Balaban J connectivity index is 3.05. The van der Waals surface area contributed by atoms with Gasteiger partial charge in [-0.2, -0.15) is 26.3 Å². The van der Waals surface area contributed by atoms with Crippen molar-refractivity contribution >= 4 is 0 Å². The van der Waals surface area contributed by atoms with Gasteiger partial charge in [0.15, 0.2) is 0 Å². The van der Waals surface area contributed by atoms with Gasteiger partial charge >= 0.3 is 12.4 Å². The molecule has 0 amide bonds. The molecule has 0 N–H and O–H groups in total. The maximum absolute atomic E-state index is 12.8. The highest BCUT2D eigenvalue weighted by molar-refractivity contribution is 5.14. The summed E-state index contributed by atoms with van der Waals surface area (Å²) in [5, 5.41) is 0. The molecule has 1 rings (SSSR count). The molecular weight excluding hydrogens is 264 g/mol. The molecule has 0 aromatic carbocycles. The van der Waals surface area contributed by atoms with Gasteiger partial charge in [-0.3, -0.25) is 4.98 Å². The van der Waals surface area contributed by atoms with E-state index < -0.39 is 30.3 Å². The van der Waals surface area contributed by atoms with Crippen LogP contribution < -0.4 is 0 Å². The average molecular weight is 273 g/mol. The first kappa shape index (κ1) is 14.7. The fourth-order valence-corrected chi connectivity index (χ4v) is 1.17. The smallest absolute Gasteiger partial charge is 0.350 e. The Kier molecular flexibility index (Phi) is 3.89. The number of nitrogens with zero attached hydrogens (tertiary/aromatic N) is 1. The van der Waals surface area contributed by atoms with Crippen LogP contribution >= 0.6 is 0 Å². The fraction of sp³-hybridized carbons (Fsp3) is 0.500. The third-order valence-electron chi connectivity index (χ3n) is 2.22. The van der Waals surface area contributed by atoms with Crippen molar-refractivity contribution in [3.63, 3.8) is 0 Å². The monoisotopic (exact) mass is 273 g/mol. The lowest BCUT2D eigenvalue weighted by molar-refractivity contribution is -0.304. The van der Waals surface area contributed by atoms with Crippen LogP contribution in [0.25, 0.3) is 0 Å². The molecule has 18 heavy (non-hydrogen) atoms. The molecule has 0 spiro atoms. The highest BCUT2D eigenvalue weighted by Gasteiger charge is 2.56. The van der Waals surface area contributed by atoms with Crippen LogP contribution in [0.2, 0.25) is 0 Å². The van der Waals surface area contributed by atoms with Crippen molar-refractivity contribution in [3.05, 3.63) is 30.1 Å². The van der Waals surface area contributed by atoms with Crippen molar-refractivity contribution in [1.29, 1.82) is 0 Å². The van der Waals surface area contributed by atoms with Crippen molar-refractivity contribution in [2.75, 3.05) is 6.61 Å². The highest BCUT2D eigenvalue weighted by Crippen LogP contribution is 2.41. The van der Waals surface area contributed by atoms with Crippen molar-refractivity contribution < 1.29 is 31.1 Å². The first-order chi connectivity index (χ1) is 8.06. The number of hydrogen-bond donors (Lipinski definition) is 0. The minimum atomic E-state index is -5.01. The zero-order chi connectivity index (χ0) is 14.0. The summed E-state index contributed by atoms with van der Waals surface area (Å²) in [6.45, 7) is -1.49. The van der Waals surface area contributed by atoms with E-state index >= 15 is 0 Å². The quantitative estimate of drug-likeness (QED) is 0.787. The predicted molar refractivity (Wildman–Crippen MR) is 49.7 cm³/mol. The Morgan fingerprint density at radius 3 is 2.11 bits per heavy atom. The summed E-state index contributed by atoms with van der Waals surface area (Å²) in [6, 6.07) is 3.55. The number of pyridine rings is 1. The van der Waals surface area contributed by atoms with Crippen LogP contribution in [0.1, 0.15) is 12.6 Å². The number of halogens is 6. The summed E-state index contributed by atoms with van der Waals surface area (Å²) in [5.74, 6) is 0. The summed E-state index contributed by atoms with van der Waals surface area (Å²) < 4.78 is 78.5. The molecule has 8 heteroatoms. The Bertz CT molecular complexity index is 388. The molecular formula is C10H9F6NO. The second-order valence-corrected chi connectivity index (χ2v) is 3.65. The van der Waals surface area contributed by atoms with E-state index in [0.29, 0.717) is 6.92 Å². The first-order valence-corrected chi connectivity index (χ1v) is 4.75. The average Bonchev–Trinajstić information content (AvgIpc) is 2.24. The van der Waals surface area contributed by atoms with Crippen LogP contribution in [0.15, 0.2) is 24.4 Å². The predicted octanol–water partition coefficient (Wildman–Crippen LogP) is 3.44. The molecule has 0 saturated carbocycles. The van der Waals surface area contributed by atoms with E-state index in [1.54, 1.807) is 0 Å². The van der Waals surface area contributed by atoms with Gasteiger partial charge in [-0.15, -0.1) is 0 Å². The topological polar surface area (TPSA) is 22.1 Å². The van der Waals surface area contributed by atoms with Crippen LogP contribution in [0.4, 0.5) is 26.3 Å². The van der Waals surface area contributed by atoms with Crippen molar-refractivity contribution in [3.8, 4) is 0 Å². The molecule has 0 bridgehead atoms. The minimum absolute atomic E-state index is 0.515. The molecule has 1 atom stereocenters. The van der Waals surface area contributed by atoms with Gasteiger partial charge in [-0.05, 0) is 19.1 Å². The third kappa shape index (κ3) is 3.34. The van der Waals surface area contributed by atoms with Crippen molar-refractivity contribution in [2.45, 2.75) is 24.9 Å². The second-order valence-electron chi connectivity index (χ2n) is 3.65. The lowest BCUT2D eigenvalue weighted by Crippen LogP contribution is -2.44. The third-order valence-corrected chi connectivity index (χ3v) is 2.22. The zero-order valence-electron chi connectivity index (χ0n) is 9.14. The van der Waals surface area contributed by atoms with E-state index in [9.17, 15) is 26.3 Å². The van der Waals surface area contributed by atoms with Crippen LogP contribution in [-0.2, 0) is 10.3 Å². The Hall–Kier alpha value is -1.31. The van der Waals surface area contributed by atoms with Crippen molar-refractivity contribution in [2.24, 2.45) is 0 Å². The van der Waals surface area contributed by atoms with E-state index in [1.807, 2.05) is 0 Å². The highest BCUT2D eigenvalue weighted by atomic mass is 19.4. The zero-order valence-corrected chi connectivity index (χ0v) is 9.14. The van der Waals surface area contributed by atoms with Crippen LogP contribution in [0.3, 0.4) is 0 Å². The van der Waals surface area contributed by atoms with Gasteiger partial charge in [0, 0.05) is 6.20 Å². The molecule has 102 valence electrons. The molecule has 0 aliphatic heterocycles. The van der Waals surface area contributed by atoms with Crippen LogP contribution in [0, 0.1) is 0 Å². The Labute approximate surface area is 98.6 Å². The Morgan fingerprint density at radius 2 is 1.72 bits per heavy atom. The molecule has 0 aliphatic carbocycles. The van der Waals surface area contributed by atoms with Gasteiger partial charge in [-0.1, -0.05) is 6.07 Å². The number of rotatable bonds is 3. The second kappa shape index (κ2) is 4.75. The molecule has 1 aromatic heterocycles. The number of aromatic nitrogens is 1. The molecule has 0 radical (unpaired) electrons. The Morgan fingerprint density at radius 1 is 1.11 bits per heavy atom. The molecule has 1 aromatic rings. The summed E-state index contributed by atoms with van der Waals surface area (Å²) >= 11 is 0. The van der Waals surface area contributed by atoms with E-state index in [1.165, 1.54) is 12.1 Å². The molecule has 2 nitrogen and oxygen atoms in total. The lowest BCUT2D eigenvalue weighted by Gasteiger charge is -2.31. The summed E-state index contributed by atoms with van der Waals surface area (Å²) in [4.78, 5) is 3.41. The minimum Gasteiger partial charge on any atom is -0.350 e. The van der Waals surface area contributed by atoms with Crippen LogP contribution in [-0.4, -0.2) is 23.9 Å². The number of hydrogen-bond acceptors (Lipinski definition) is 2. The number of alkyl halides is 6. The summed E-state index contributed by atoms with van der Waals surface area (Å²) in [7, 11) is 0. The van der Waals surface area contributed by atoms with Crippen molar-refractivity contribution in [1.82, 2.24) is 4.98 Å². The van der Waals surface area contributed by atoms with E-state index in [4.69, 9.17) is 0 Å². The maximum Gasteiger partial charge on any atom is 0.422 e. The van der Waals surface area contributed by atoms with Gasteiger partial charge in [0.2, 0.25) is 5.60 Å². The van der Waals surface area contributed by atoms with Gasteiger partial charge in [-0.25, -0.2) is 0 Å². The van der Waals surface area contributed by atoms with Gasteiger partial charge in [0.05, 0.1) is 5.69 Å². The molecule has 0 aliphatic rings. The van der Waals surface area contributed by atoms with E-state index in [-0.39, 0.29) is 0 Å².